The fraction of sp³-hybridized carbons (Fsp3) is 0.114. The Morgan fingerprint density at radius 3 is 1.87 bits per heavy atom. The van der Waals surface area contributed by atoms with Crippen LogP contribution in [0.2, 0.25) is 0 Å². The summed E-state index contributed by atoms with van der Waals surface area (Å²) in [4.78, 5) is 5.55. The quantitative estimate of drug-likeness (QED) is 0.183. The van der Waals surface area contributed by atoms with Crippen molar-refractivity contribution in [3.63, 3.8) is 0 Å². The second-order valence-corrected chi connectivity index (χ2v) is 13.2. The molecular weight excluding hydrogens is 609 g/mol. The standard InChI is InChI=1S/C35H32N2O6S2/c1-2-37(25-27-11-7-4-8-12-27)31-19-15-29(16-20-31)35(33-22-21-32(44(38,39)40)23-34(33)45(41,42)43)28-13-17-30(18-14-28)36-24-26-9-5-3-6-10-26/h3-23H,2,24-25H2,1H3,(H,38,39,40)(H,41,42,43). The van der Waals surface area contributed by atoms with Gasteiger partial charge >= 0.3 is 0 Å². The van der Waals surface area contributed by atoms with Crippen LogP contribution in [0.15, 0.2) is 148 Å². The first kappa shape index (κ1) is 31.8. The predicted molar refractivity (Wildman–Crippen MR) is 178 cm³/mol. The van der Waals surface area contributed by atoms with Gasteiger partial charge in [-0.15, -0.1) is 0 Å². The molecule has 1 aliphatic rings. The Morgan fingerprint density at radius 2 is 1.31 bits per heavy atom. The van der Waals surface area contributed by atoms with Gasteiger partial charge in [0.2, 0.25) is 0 Å². The minimum Gasteiger partial charge on any atom is -0.367 e. The molecule has 0 amide bonds. The molecular formula is C35H32N2O6S2. The Kier molecular flexibility index (Phi) is 9.60. The Bertz CT molecular complexity index is 2000. The largest absolute Gasteiger partial charge is 0.367 e. The number of nitrogens with zero attached hydrogens (tertiary/aromatic N) is 2. The zero-order valence-corrected chi connectivity index (χ0v) is 26.1. The van der Waals surface area contributed by atoms with Crippen LogP contribution < -0.4 is 4.90 Å². The summed E-state index contributed by atoms with van der Waals surface area (Å²) in [5.74, 6) is 0. The summed E-state index contributed by atoms with van der Waals surface area (Å²) in [7, 11) is -9.65. The van der Waals surface area contributed by atoms with Gasteiger partial charge in [0.1, 0.15) is 4.90 Å². The summed E-state index contributed by atoms with van der Waals surface area (Å²) >= 11 is 0. The fourth-order valence-electron chi connectivity index (χ4n) is 5.09. The Hall–Kier alpha value is -4.61. The second kappa shape index (κ2) is 13.6. The molecule has 5 rings (SSSR count). The molecule has 230 valence electrons. The lowest BCUT2D eigenvalue weighted by Gasteiger charge is -2.24. The van der Waals surface area contributed by atoms with E-state index < -0.39 is 30.0 Å². The Balaban J connectivity index is 1.59. The van der Waals surface area contributed by atoms with Crippen LogP contribution in [0, 0.1) is 0 Å². The zero-order chi connectivity index (χ0) is 32.0. The summed E-state index contributed by atoms with van der Waals surface area (Å²) in [6, 6.07) is 30.6. The lowest BCUT2D eigenvalue weighted by Crippen LogP contribution is -2.21. The lowest BCUT2D eigenvalue weighted by molar-refractivity contribution is 0.481. The molecule has 0 aromatic heterocycles. The van der Waals surface area contributed by atoms with Crippen LogP contribution in [0.1, 0.15) is 29.2 Å². The van der Waals surface area contributed by atoms with Gasteiger partial charge in [0.05, 0.1) is 17.2 Å². The summed E-state index contributed by atoms with van der Waals surface area (Å²) in [6.45, 7) is 4.00. The van der Waals surface area contributed by atoms with Crippen molar-refractivity contribution in [1.29, 1.82) is 0 Å². The summed E-state index contributed by atoms with van der Waals surface area (Å²) in [5.41, 5.74) is 5.64. The third kappa shape index (κ3) is 7.92. The number of hydrogen-bond acceptors (Lipinski definition) is 6. The molecule has 0 heterocycles. The van der Waals surface area contributed by atoms with Crippen molar-refractivity contribution in [2.24, 2.45) is 4.99 Å². The van der Waals surface area contributed by atoms with Crippen LogP contribution in [0.3, 0.4) is 0 Å². The smallest absolute Gasteiger partial charge is 0.295 e. The number of anilines is 1. The minimum absolute atomic E-state index is 0.0725. The molecule has 45 heavy (non-hydrogen) atoms. The molecule has 8 nitrogen and oxygen atoms in total. The normalized spacial score (nSPS) is 13.1. The van der Waals surface area contributed by atoms with Crippen LogP contribution >= 0.6 is 0 Å². The molecule has 4 aromatic rings. The maximum atomic E-state index is 12.6. The van der Waals surface area contributed by atoms with Gasteiger partial charge in [-0.1, -0.05) is 91.0 Å². The van der Waals surface area contributed by atoms with Crippen molar-refractivity contribution >= 4 is 37.2 Å². The van der Waals surface area contributed by atoms with Gasteiger partial charge in [-0.05, 0) is 71.2 Å². The molecule has 0 fully saturated rings. The van der Waals surface area contributed by atoms with Gasteiger partial charge in [0.25, 0.3) is 20.2 Å². The molecule has 0 atom stereocenters. The van der Waals surface area contributed by atoms with E-state index in [2.05, 4.69) is 28.9 Å². The first-order chi connectivity index (χ1) is 21.5. The number of hydrogen-bond donors (Lipinski definition) is 2. The van der Waals surface area contributed by atoms with Gasteiger partial charge in [-0.25, -0.2) is 0 Å². The fourth-order valence-corrected chi connectivity index (χ4v) is 6.39. The van der Waals surface area contributed by atoms with Gasteiger partial charge in [-0.3, -0.25) is 14.1 Å². The zero-order valence-electron chi connectivity index (χ0n) is 24.5. The van der Waals surface area contributed by atoms with Crippen LogP contribution in [-0.4, -0.2) is 38.2 Å². The van der Waals surface area contributed by atoms with Gasteiger partial charge in [0, 0.05) is 24.3 Å². The van der Waals surface area contributed by atoms with Crippen molar-refractivity contribution in [3.8, 4) is 0 Å². The van der Waals surface area contributed by atoms with E-state index >= 15 is 0 Å². The van der Waals surface area contributed by atoms with E-state index in [1.807, 2.05) is 84.9 Å². The van der Waals surface area contributed by atoms with E-state index in [-0.39, 0.29) is 5.56 Å². The molecule has 0 saturated heterocycles. The first-order valence-corrected chi connectivity index (χ1v) is 17.1. The van der Waals surface area contributed by atoms with Gasteiger partial charge in [-0.2, -0.15) is 16.8 Å². The number of benzene rings is 4. The Labute approximate surface area is 263 Å². The average molecular weight is 641 g/mol. The first-order valence-electron chi connectivity index (χ1n) is 14.2. The molecule has 0 unspecified atom stereocenters. The SMILES string of the molecule is CCN(Cc1ccccc1)c1ccc(C(=C2C=CC(=NCc3ccccc3)C=C2)c2ccc(S(=O)(=O)O)cc2S(=O)(=O)O)cc1. The highest BCUT2D eigenvalue weighted by Gasteiger charge is 2.24. The molecule has 0 radical (unpaired) electrons. The highest BCUT2D eigenvalue weighted by Crippen LogP contribution is 2.36. The molecule has 10 heteroatoms. The van der Waals surface area contributed by atoms with E-state index in [1.165, 1.54) is 6.07 Å². The van der Waals surface area contributed by atoms with E-state index in [0.29, 0.717) is 35.5 Å². The molecule has 1 aliphatic carbocycles. The molecule has 0 aliphatic heterocycles. The van der Waals surface area contributed by atoms with Crippen molar-refractivity contribution in [3.05, 3.63) is 155 Å². The Morgan fingerprint density at radius 1 is 0.711 bits per heavy atom. The molecule has 0 spiro atoms. The number of rotatable bonds is 10. The van der Waals surface area contributed by atoms with Gasteiger partial charge < -0.3 is 4.90 Å². The third-order valence-corrected chi connectivity index (χ3v) is 9.10. The summed E-state index contributed by atoms with van der Waals surface area (Å²) in [6.07, 6.45) is 7.21. The summed E-state index contributed by atoms with van der Waals surface area (Å²) in [5, 5.41) is 0. The van der Waals surface area contributed by atoms with Crippen molar-refractivity contribution in [2.75, 3.05) is 11.4 Å². The second-order valence-electron chi connectivity index (χ2n) is 10.4. The van der Waals surface area contributed by atoms with Crippen LogP contribution in [0.4, 0.5) is 5.69 Å². The molecule has 0 saturated carbocycles. The minimum atomic E-state index is -4.91. The van der Waals surface area contributed by atoms with Crippen molar-refractivity contribution in [2.45, 2.75) is 29.8 Å². The maximum Gasteiger partial charge on any atom is 0.295 e. The highest BCUT2D eigenvalue weighted by atomic mass is 32.2. The number of aliphatic imine (C=N–C) groups is 1. The van der Waals surface area contributed by atoms with E-state index in [9.17, 15) is 25.9 Å². The van der Waals surface area contributed by atoms with Crippen molar-refractivity contribution < 1.29 is 25.9 Å². The van der Waals surface area contributed by atoms with Crippen LogP contribution in [-0.2, 0) is 33.3 Å². The van der Waals surface area contributed by atoms with E-state index in [1.54, 1.807) is 12.2 Å². The van der Waals surface area contributed by atoms with Crippen LogP contribution in [0.25, 0.3) is 5.57 Å². The van der Waals surface area contributed by atoms with Gasteiger partial charge in [0.15, 0.2) is 0 Å². The highest BCUT2D eigenvalue weighted by molar-refractivity contribution is 7.86. The predicted octanol–water partition coefficient (Wildman–Crippen LogP) is 6.78. The summed E-state index contributed by atoms with van der Waals surface area (Å²) < 4.78 is 68.6. The molecule has 4 aromatic carbocycles. The van der Waals surface area contributed by atoms with Crippen molar-refractivity contribution in [1.82, 2.24) is 0 Å². The third-order valence-electron chi connectivity index (χ3n) is 7.36. The van der Waals surface area contributed by atoms with E-state index in [4.69, 9.17) is 0 Å². The molecule has 2 N–H and O–H groups in total. The monoisotopic (exact) mass is 640 g/mol. The number of allylic oxidation sites excluding steroid dienone is 5. The topological polar surface area (TPSA) is 124 Å². The maximum absolute atomic E-state index is 12.6. The van der Waals surface area contributed by atoms with Crippen LogP contribution in [0.5, 0.6) is 0 Å². The average Bonchev–Trinajstić information content (AvgIpc) is 3.04. The lowest BCUT2D eigenvalue weighted by atomic mass is 9.90. The van der Waals surface area contributed by atoms with E-state index in [0.717, 1.165) is 35.5 Å². The molecule has 0 bridgehead atoms.